The highest BCUT2D eigenvalue weighted by Crippen LogP contribution is 2.38. The lowest BCUT2D eigenvalue weighted by atomic mass is 9.75. The number of hydrogen-bond acceptors (Lipinski definition) is 5. The van der Waals surface area contributed by atoms with E-state index in [0.29, 0.717) is 25.1 Å². The Hall–Kier alpha value is -3.27. The molecule has 1 saturated heterocycles. The molecule has 186 valence electrons. The number of likely N-dealkylation sites (tertiary alicyclic amines) is 1. The molecule has 0 spiro atoms. The summed E-state index contributed by atoms with van der Waals surface area (Å²) in [7, 11) is 0. The molecular formula is C28H36N4O3. The van der Waals surface area contributed by atoms with Gasteiger partial charge in [-0.1, -0.05) is 13.8 Å². The molecule has 7 heteroatoms. The Kier molecular flexibility index (Phi) is 6.44. The van der Waals surface area contributed by atoms with Crippen LogP contribution in [0.15, 0.2) is 24.4 Å². The number of rotatable bonds is 3. The molecule has 0 unspecified atom stereocenters. The van der Waals surface area contributed by atoms with Gasteiger partial charge in [0.1, 0.15) is 11.7 Å². The summed E-state index contributed by atoms with van der Waals surface area (Å²) in [6.45, 7) is 13.1. The van der Waals surface area contributed by atoms with Crippen molar-refractivity contribution in [2.45, 2.75) is 78.9 Å². The third kappa shape index (κ3) is 5.37. The maximum absolute atomic E-state index is 12.8. The number of fused-ring (bicyclic) bond motifs is 1. The molecule has 1 amide bonds. The lowest BCUT2D eigenvalue weighted by molar-refractivity contribution is 0.0210. The average molecular weight is 477 g/mol. The van der Waals surface area contributed by atoms with Crippen molar-refractivity contribution in [1.82, 2.24) is 9.47 Å². The Morgan fingerprint density at radius 2 is 1.89 bits per heavy atom. The quantitative estimate of drug-likeness (QED) is 0.621. The fraction of sp³-hybridized carbons (Fsp3) is 0.536. The Morgan fingerprint density at radius 3 is 2.51 bits per heavy atom. The van der Waals surface area contributed by atoms with E-state index in [-0.39, 0.29) is 23.3 Å². The van der Waals surface area contributed by atoms with E-state index in [1.165, 1.54) is 0 Å². The minimum absolute atomic E-state index is 0.0809. The van der Waals surface area contributed by atoms with Crippen LogP contribution < -0.4 is 5.32 Å². The largest absolute Gasteiger partial charge is 0.444 e. The van der Waals surface area contributed by atoms with E-state index >= 15 is 0 Å². The van der Waals surface area contributed by atoms with Crippen LogP contribution in [0, 0.1) is 23.7 Å². The van der Waals surface area contributed by atoms with Crippen LogP contribution in [0.1, 0.15) is 81.1 Å². The number of anilines is 1. The van der Waals surface area contributed by atoms with Gasteiger partial charge in [-0.2, -0.15) is 5.26 Å². The normalized spacial score (nSPS) is 18.1. The molecule has 2 aromatic rings. The van der Waals surface area contributed by atoms with E-state index in [1.807, 2.05) is 52.1 Å². The molecule has 1 aliphatic carbocycles. The number of ketones is 1. The van der Waals surface area contributed by atoms with Gasteiger partial charge in [0.2, 0.25) is 0 Å². The van der Waals surface area contributed by atoms with E-state index in [4.69, 9.17) is 4.74 Å². The summed E-state index contributed by atoms with van der Waals surface area (Å²) in [5.74, 6) is 0.205. The highest BCUT2D eigenvalue weighted by atomic mass is 16.6. The molecule has 35 heavy (non-hydrogen) atoms. The number of aromatic nitrogens is 1. The molecule has 1 aromatic carbocycles. The fourth-order valence-electron chi connectivity index (χ4n) is 5.16. The summed E-state index contributed by atoms with van der Waals surface area (Å²) < 4.78 is 7.61. The Bertz CT molecular complexity index is 1190. The van der Waals surface area contributed by atoms with E-state index in [9.17, 15) is 14.9 Å². The topological polar surface area (TPSA) is 87.4 Å². The number of carbonyl (C=O) groups is 2. The van der Waals surface area contributed by atoms with Crippen LogP contribution in [0.25, 0.3) is 5.69 Å². The second-order valence-corrected chi connectivity index (χ2v) is 11.7. The van der Waals surface area contributed by atoms with Crippen LogP contribution in [-0.4, -0.2) is 46.1 Å². The van der Waals surface area contributed by atoms with Crippen molar-refractivity contribution < 1.29 is 14.3 Å². The number of amides is 1. The first-order chi connectivity index (χ1) is 16.4. The molecule has 1 aliphatic heterocycles. The van der Waals surface area contributed by atoms with Crippen LogP contribution >= 0.6 is 0 Å². The van der Waals surface area contributed by atoms with Gasteiger partial charge in [0.05, 0.1) is 11.3 Å². The second-order valence-electron chi connectivity index (χ2n) is 11.7. The van der Waals surface area contributed by atoms with Crippen molar-refractivity contribution in [2.75, 3.05) is 18.4 Å². The summed E-state index contributed by atoms with van der Waals surface area (Å²) in [4.78, 5) is 27.0. The van der Waals surface area contributed by atoms with E-state index in [2.05, 4.69) is 29.8 Å². The van der Waals surface area contributed by atoms with Gasteiger partial charge in [-0.3, -0.25) is 4.79 Å². The number of carbonyl (C=O) groups excluding carboxylic acids is 2. The Balaban J connectivity index is 1.54. The number of Topliss-reactive ketones (excluding diaryl/α,β-unsaturated/α-hetero) is 1. The van der Waals surface area contributed by atoms with Gasteiger partial charge < -0.3 is 19.5 Å². The molecule has 1 aromatic heterocycles. The zero-order valence-corrected chi connectivity index (χ0v) is 21.7. The van der Waals surface area contributed by atoms with Gasteiger partial charge in [-0.25, -0.2) is 4.79 Å². The number of nitrogens with one attached hydrogen (secondary N) is 1. The monoisotopic (exact) mass is 476 g/mol. The second kappa shape index (κ2) is 9.07. The third-order valence-corrected chi connectivity index (χ3v) is 6.77. The zero-order valence-electron chi connectivity index (χ0n) is 21.7. The van der Waals surface area contributed by atoms with Gasteiger partial charge in [0.25, 0.3) is 0 Å². The van der Waals surface area contributed by atoms with E-state index in [0.717, 1.165) is 47.5 Å². The minimum atomic E-state index is -0.510. The minimum Gasteiger partial charge on any atom is -0.444 e. The first kappa shape index (κ1) is 24.8. The molecule has 0 bridgehead atoms. The van der Waals surface area contributed by atoms with Crippen molar-refractivity contribution in [3.63, 3.8) is 0 Å². The lowest BCUT2D eigenvalue weighted by Gasteiger charge is -2.34. The fourth-order valence-corrected chi connectivity index (χ4v) is 5.16. The molecule has 0 radical (unpaired) electrons. The van der Waals surface area contributed by atoms with Crippen LogP contribution in [0.3, 0.4) is 0 Å². The number of piperidine rings is 1. The van der Waals surface area contributed by atoms with Crippen molar-refractivity contribution >= 4 is 17.6 Å². The number of hydrogen-bond donors (Lipinski definition) is 1. The molecule has 4 rings (SSSR count). The standard InChI is InChI=1S/C28H36N4O3/c1-18-17-32(23-14-28(5,6)15-24(33)25(18)23)21-8-7-19(16-29)22(13-21)30-20-9-11-31(12-10-20)26(34)35-27(2,3)4/h7-8,13,17,20,30H,9-12,14-15H2,1-6H3. The van der Waals surface area contributed by atoms with Gasteiger partial charge in [-0.05, 0) is 76.1 Å². The molecule has 0 atom stereocenters. The van der Waals surface area contributed by atoms with Gasteiger partial charge in [0.15, 0.2) is 5.78 Å². The maximum atomic E-state index is 12.8. The predicted octanol–water partition coefficient (Wildman–Crippen LogP) is 5.62. The SMILES string of the molecule is Cc1cn(-c2ccc(C#N)c(NC3CCN(C(=O)OC(C)(C)C)CC3)c2)c2c1C(=O)CC(C)(C)C2. The summed E-state index contributed by atoms with van der Waals surface area (Å²) in [6.07, 6.45) is 4.69. The molecule has 1 N–H and O–H groups in total. The first-order valence-corrected chi connectivity index (χ1v) is 12.4. The average Bonchev–Trinajstić information content (AvgIpc) is 3.08. The summed E-state index contributed by atoms with van der Waals surface area (Å²) in [6, 6.07) is 8.23. The van der Waals surface area contributed by atoms with Gasteiger partial charge >= 0.3 is 6.09 Å². The number of aryl methyl sites for hydroxylation is 1. The summed E-state index contributed by atoms with van der Waals surface area (Å²) >= 11 is 0. The van der Waals surface area contributed by atoms with Crippen molar-refractivity contribution in [3.8, 4) is 11.8 Å². The smallest absolute Gasteiger partial charge is 0.410 e. The highest BCUT2D eigenvalue weighted by Gasteiger charge is 2.35. The van der Waals surface area contributed by atoms with Gasteiger partial charge in [-0.15, -0.1) is 0 Å². The van der Waals surface area contributed by atoms with Crippen LogP contribution in [0.2, 0.25) is 0 Å². The highest BCUT2D eigenvalue weighted by molar-refractivity contribution is 6.00. The maximum Gasteiger partial charge on any atom is 0.410 e. The number of benzene rings is 1. The predicted molar refractivity (Wildman–Crippen MR) is 136 cm³/mol. The van der Waals surface area contributed by atoms with Crippen LogP contribution in [-0.2, 0) is 11.2 Å². The molecule has 2 heterocycles. The summed E-state index contributed by atoms with van der Waals surface area (Å²) in [5.41, 5.74) is 4.59. The van der Waals surface area contributed by atoms with Crippen LogP contribution in [0.5, 0.6) is 0 Å². The number of nitriles is 1. The van der Waals surface area contributed by atoms with Crippen molar-refractivity contribution in [2.24, 2.45) is 5.41 Å². The summed E-state index contributed by atoms with van der Waals surface area (Å²) in [5, 5.41) is 13.3. The van der Waals surface area contributed by atoms with E-state index < -0.39 is 5.60 Å². The van der Waals surface area contributed by atoms with Crippen molar-refractivity contribution in [1.29, 1.82) is 5.26 Å². The Morgan fingerprint density at radius 1 is 1.20 bits per heavy atom. The van der Waals surface area contributed by atoms with Crippen molar-refractivity contribution in [3.05, 3.63) is 46.8 Å². The zero-order chi connectivity index (χ0) is 25.5. The molecule has 0 saturated carbocycles. The Labute approximate surface area is 208 Å². The lowest BCUT2D eigenvalue weighted by Crippen LogP contribution is -2.44. The third-order valence-electron chi connectivity index (χ3n) is 6.77. The molecule has 2 aliphatic rings. The molecule has 7 nitrogen and oxygen atoms in total. The number of ether oxygens (including phenoxy) is 1. The number of nitrogens with zero attached hydrogens (tertiary/aromatic N) is 3. The van der Waals surface area contributed by atoms with E-state index in [1.54, 1.807) is 4.90 Å². The van der Waals surface area contributed by atoms with Gasteiger partial charge in [0, 0.05) is 48.7 Å². The molecular weight excluding hydrogens is 440 g/mol. The first-order valence-electron chi connectivity index (χ1n) is 12.4. The molecule has 1 fully saturated rings. The van der Waals surface area contributed by atoms with Crippen LogP contribution in [0.4, 0.5) is 10.5 Å².